The van der Waals surface area contributed by atoms with Gasteiger partial charge in [-0.25, -0.2) is 0 Å². The third-order valence-electron chi connectivity index (χ3n) is 11.3. The number of nitrogens with zero attached hydrogens (tertiary/aromatic N) is 2. The van der Waals surface area contributed by atoms with E-state index in [-0.39, 0.29) is 17.2 Å². The zero-order chi connectivity index (χ0) is 30.6. The minimum Gasteiger partial charge on any atom is -0.353 e. The summed E-state index contributed by atoms with van der Waals surface area (Å²) in [5.41, 5.74) is 6.61. The summed E-state index contributed by atoms with van der Waals surface area (Å²) in [5, 5.41) is 4.63. The number of H-pyrrole nitrogens is 1. The van der Waals surface area contributed by atoms with E-state index in [1.54, 1.807) is 0 Å². The van der Waals surface area contributed by atoms with E-state index >= 15 is 0 Å². The quantitative estimate of drug-likeness (QED) is 0.274. The highest BCUT2D eigenvalue weighted by atomic mass is 32.1. The molecule has 44 heavy (non-hydrogen) atoms. The fourth-order valence-electron chi connectivity index (χ4n) is 8.85. The monoisotopic (exact) mass is 614 g/mol. The van der Waals surface area contributed by atoms with Crippen molar-refractivity contribution in [3.8, 4) is 11.3 Å². The van der Waals surface area contributed by atoms with Crippen molar-refractivity contribution in [2.24, 2.45) is 17.8 Å². The Labute approximate surface area is 267 Å². The van der Waals surface area contributed by atoms with Crippen molar-refractivity contribution >= 4 is 33.4 Å². The van der Waals surface area contributed by atoms with Crippen LogP contribution in [0.2, 0.25) is 0 Å². The number of aromatic amines is 1. The average molecular weight is 615 g/mol. The molecular formula is C37H50N4O2S. The smallest absolute Gasteiger partial charge is 0.223 e. The van der Waals surface area contributed by atoms with Gasteiger partial charge in [0, 0.05) is 48.3 Å². The van der Waals surface area contributed by atoms with Gasteiger partial charge in [0.1, 0.15) is 4.83 Å². The van der Waals surface area contributed by atoms with Gasteiger partial charge in [-0.3, -0.25) is 9.59 Å². The number of nitrogens with one attached hydrogen (secondary N) is 2. The second-order valence-corrected chi connectivity index (χ2v) is 16.1. The molecule has 3 saturated heterocycles. The van der Waals surface area contributed by atoms with Crippen LogP contribution in [0.3, 0.4) is 0 Å². The molecule has 0 spiro atoms. The minimum atomic E-state index is 0.0219. The molecule has 7 heteroatoms. The highest BCUT2D eigenvalue weighted by Crippen LogP contribution is 2.48. The molecule has 3 aromatic rings. The van der Waals surface area contributed by atoms with Crippen LogP contribution in [-0.2, 0) is 21.4 Å². The van der Waals surface area contributed by atoms with E-state index in [4.69, 9.17) is 0 Å². The number of hydrogen-bond donors (Lipinski definition) is 2. The summed E-state index contributed by atoms with van der Waals surface area (Å²) in [6.45, 7) is 14.3. The number of carbonyl (C=O) groups is 2. The molecule has 3 aliphatic heterocycles. The zero-order valence-corrected chi connectivity index (χ0v) is 28.0. The topological polar surface area (TPSA) is 68.4 Å². The number of aromatic nitrogens is 1. The van der Waals surface area contributed by atoms with E-state index < -0.39 is 0 Å². The maximum atomic E-state index is 12.7. The fourth-order valence-corrected chi connectivity index (χ4v) is 10.1. The lowest BCUT2D eigenvalue weighted by molar-refractivity contribution is -0.131. The molecule has 0 radical (unpaired) electrons. The lowest BCUT2D eigenvalue weighted by atomic mass is 9.78. The van der Waals surface area contributed by atoms with E-state index in [9.17, 15) is 9.59 Å². The number of carbonyl (C=O) groups excluding carboxylic acids is 2. The Morgan fingerprint density at radius 1 is 0.977 bits per heavy atom. The predicted molar refractivity (Wildman–Crippen MR) is 180 cm³/mol. The summed E-state index contributed by atoms with van der Waals surface area (Å²) in [6, 6.07) is 9.73. The van der Waals surface area contributed by atoms with Crippen LogP contribution in [0.1, 0.15) is 86.8 Å². The summed E-state index contributed by atoms with van der Waals surface area (Å²) in [7, 11) is 0. The second-order valence-electron chi connectivity index (χ2n) is 15.1. The first-order valence-electron chi connectivity index (χ1n) is 17.2. The number of thiophene rings is 1. The summed E-state index contributed by atoms with van der Waals surface area (Å²) in [6.07, 6.45) is 9.60. The molecule has 7 rings (SSSR count). The van der Waals surface area contributed by atoms with E-state index in [2.05, 4.69) is 72.1 Å². The number of benzene rings is 1. The Morgan fingerprint density at radius 3 is 2.36 bits per heavy atom. The molecule has 2 amide bonds. The van der Waals surface area contributed by atoms with E-state index in [1.165, 1.54) is 55.9 Å². The van der Waals surface area contributed by atoms with Gasteiger partial charge in [-0.2, -0.15) is 0 Å². The number of aryl methyl sites for hydroxylation is 2. The van der Waals surface area contributed by atoms with Crippen molar-refractivity contribution in [2.75, 3.05) is 32.7 Å². The summed E-state index contributed by atoms with van der Waals surface area (Å²) >= 11 is 1.92. The van der Waals surface area contributed by atoms with Crippen molar-refractivity contribution in [1.29, 1.82) is 0 Å². The molecule has 2 bridgehead atoms. The first kappa shape index (κ1) is 30.0. The molecule has 3 unspecified atom stereocenters. The Kier molecular flexibility index (Phi) is 8.15. The first-order chi connectivity index (χ1) is 21.1. The van der Waals surface area contributed by atoms with Crippen LogP contribution in [-0.4, -0.2) is 65.4 Å². The Bertz CT molecular complexity index is 1520. The van der Waals surface area contributed by atoms with Gasteiger partial charge in [0.2, 0.25) is 11.8 Å². The number of likely N-dealkylation sites (tertiary alicyclic amines) is 2. The van der Waals surface area contributed by atoms with Gasteiger partial charge in [-0.15, -0.1) is 11.3 Å². The molecule has 6 nitrogen and oxygen atoms in total. The van der Waals surface area contributed by atoms with Gasteiger partial charge in [0.15, 0.2) is 0 Å². The molecular weight excluding hydrogens is 565 g/mol. The van der Waals surface area contributed by atoms with Crippen molar-refractivity contribution in [3.63, 3.8) is 0 Å². The molecule has 2 aromatic heterocycles. The summed E-state index contributed by atoms with van der Waals surface area (Å²) < 4.78 is 0. The SMILES string of the molecule is Cc1cc(C)cc(-c2[nH]c3sc(C(C)(C)CC4C5CCC4C(=O)N5)cc3c2CCN2CCC(CC(=O)N3CCCC3)CC2)c1. The maximum Gasteiger partial charge on any atom is 0.223 e. The maximum absolute atomic E-state index is 12.7. The third kappa shape index (κ3) is 5.87. The number of hydrogen-bond acceptors (Lipinski definition) is 4. The van der Waals surface area contributed by atoms with Crippen molar-refractivity contribution in [1.82, 2.24) is 20.1 Å². The largest absolute Gasteiger partial charge is 0.353 e. The molecule has 5 heterocycles. The number of fused-ring (bicyclic) bond motifs is 3. The number of piperidine rings is 2. The van der Waals surface area contributed by atoms with Gasteiger partial charge >= 0.3 is 0 Å². The van der Waals surface area contributed by atoms with Crippen LogP contribution >= 0.6 is 11.3 Å². The standard InChI is InChI=1S/C37H50N4O2S/c1-23-17-24(2)19-26(18-23)34-27(11-16-40-14-9-25(10-15-40)20-33(42)41-12-5-6-13-41)29-21-32(44-36(29)39-34)37(3,4)22-30-28-7-8-31(30)38-35(28)43/h17-19,21,25,28,30-31,39H,5-16,20,22H2,1-4H3,(H,38,43). The molecule has 4 fully saturated rings. The van der Waals surface area contributed by atoms with Gasteiger partial charge < -0.3 is 20.1 Å². The average Bonchev–Trinajstić information content (AvgIpc) is 3.80. The van der Waals surface area contributed by atoms with E-state index in [0.29, 0.717) is 23.8 Å². The molecule has 4 aliphatic rings. The van der Waals surface area contributed by atoms with Crippen LogP contribution in [0, 0.1) is 31.6 Å². The summed E-state index contributed by atoms with van der Waals surface area (Å²) in [4.78, 5) is 36.5. The van der Waals surface area contributed by atoms with Crippen LogP contribution in [0.15, 0.2) is 24.3 Å². The van der Waals surface area contributed by atoms with Gasteiger partial charge in [0.25, 0.3) is 0 Å². The van der Waals surface area contributed by atoms with Crippen molar-refractivity contribution < 1.29 is 9.59 Å². The van der Waals surface area contributed by atoms with Crippen LogP contribution in [0.25, 0.3) is 21.5 Å². The van der Waals surface area contributed by atoms with E-state index in [0.717, 1.165) is 77.7 Å². The molecule has 2 N–H and O–H groups in total. The summed E-state index contributed by atoms with van der Waals surface area (Å²) in [5.74, 6) is 1.86. The van der Waals surface area contributed by atoms with Gasteiger partial charge in [-0.1, -0.05) is 31.0 Å². The van der Waals surface area contributed by atoms with Gasteiger partial charge in [0.05, 0.1) is 5.69 Å². The third-order valence-corrected chi connectivity index (χ3v) is 12.7. The molecule has 1 saturated carbocycles. The molecule has 1 aromatic carbocycles. The van der Waals surface area contributed by atoms with Crippen LogP contribution < -0.4 is 5.32 Å². The number of rotatable bonds is 9. The lowest BCUT2D eigenvalue weighted by Crippen LogP contribution is -2.37. The Balaban J connectivity index is 1.09. The first-order valence-corrected chi connectivity index (χ1v) is 18.0. The number of amides is 2. The molecule has 236 valence electrons. The van der Waals surface area contributed by atoms with Crippen LogP contribution in [0.5, 0.6) is 0 Å². The molecule has 3 atom stereocenters. The second kappa shape index (κ2) is 11.9. The van der Waals surface area contributed by atoms with Crippen molar-refractivity contribution in [2.45, 2.75) is 96.9 Å². The van der Waals surface area contributed by atoms with E-state index in [1.807, 2.05) is 11.3 Å². The van der Waals surface area contributed by atoms with Crippen molar-refractivity contribution in [3.05, 3.63) is 45.8 Å². The van der Waals surface area contributed by atoms with Crippen LogP contribution in [0.4, 0.5) is 0 Å². The predicted octanol–water partition coefficient (Wildman–Crippen LogP) is 6.97. The highest BCUT2D eigenvalue weighted by molar-refractivity contribution is 7.18. The highest BCUT2D eigenvalue weighted by Gasteiger charge is 2.49. The fraction of sp³-hybridized carbons (Fsp3) is 0.622. The van der Waals surface area contributed by atoms with Gasteiger partial charge in [-0.05, 0) is 125 Å². The normalized spacial score (nSPS) is 24.6. The minimum absolute atomic E-state index is 0.0219. The Hall–Kier alpha value is -2.64. The Morgan fingerprint density at radius 2 is 1.70 bits per heavy atom. The molecule has 1 aliphatic carbocycles. The zero-order valence-electron chi connectivity index (χ0n) is 27.1. The lowest BCUT2D eigenvalue weighted by Gasteiger charge is -2.32.